The number of hydrogen-bond acceptors (Lipinski definition) is 4. The molecule has 1 saturated carbocycles. The normalized spacial score (nSPS) is 18.6. The average Bonchev–Trinajstić information content (AvgIpc) is 3.20. The van der Waals surface area contributed by atoms with Crippen molar-refractivity contribution in [3.63, 3.8) is 0 Å². The molecule has 1 fully saturated rings. The molecule has 0 saturated heterocycles. The van der Waals surface area contributed by atoms with Crippen molar-refractivity contribution in [2.45, 2.75) is 75.2 Å². The summed E-state index contributed by atoms with van der Waals surface area (Å²) in [6.45, 7) is 0. The fraction of sp³-hybridized carbons (Fsp3) is 0.667. The van der Waals surface area contributed by atoms with Gasteiger partial charge in [0, 0.05) is 16.7 Å². The zero-order chi connectivity index (χ0) is 18.3. The lowest BCUT2D eigenvalue weighted by Crippen LogP contribution is -2.27. The number of thiophene rings is 1. The highest BCUT2D eigenvalue weighted by Gasteiger charge is 2.29. The van der Waals surface area contributed by atoms with E-state index in [4.69, 9.17) is 0 Å². The van der Waals surface area contributed by atoms with E-state index in [2.05, 4.69) is 4.98 Å². The molecule has 3 nitrogen and oxygen atoms in total. The Balaban J connectivity index is 1.78. The van der Waals surface area contributed by atoms with E-state index < -0.39 is 12.6 Å². The number of fused-ring (bicyclic) bond motifs is 3. The van der Waals surface area contributed by atoms with Crippen molar-refractivity contribution in [2.75, 3.05) is 5.75 Å². The Morgan fingerprint density at radius 2 is 1.88 bits per heavy atom. The van der Waals surface area contributed by atoms with Crippen molar-refractivity contribution in [1.29, 1.82) is 0 Å². The molecule has 0 unspecified atom stereocenters. The molecule has 0 bridgehead atoms. The molecule has 0 radical (unpaired) electrons. The summed E-state index contributed by atoms with van der Waals surface area (Å²) in [5.41, 5.74) is 1.11. The second-order valence-electron chi connectivity index (χ2n) is 7.11. The average molecular weight is 403 g/mol. The number of aromatic nitrogens is 2. The molecule has 2 aromatic rings. The molecule has 0 N–H and O–H groups in total. The zero-order valence-electron chi connectivity index (χ0n) is 14.4. The van der Waals surface area contributed by atoms with E-state index in [-0.39, 0.29) is 17.4 Å². The Hall–Kier alpha value is -1.02. The maximum absolute atomic E-state index is 13.3. The van der Waals surface area contributed by atoms with E-state index in [0.29, 0.717) is 9.99 Å². The standard InChI is InChI=1S/C18H21F3N2OS2/c19-18(20,21)9-10-25-17-22-15-14(12-7-3-4-8-13(12)26-15)16(24)23(17)11-5-1-2-6-11/h11H,1-10H2. The smallest absolute Gasteiger partial charge is 0.284 e. The maximum atomic E-state index is 13.3. The van der Waals surface area contributed by atoms with Gasteiger partial charge in [-0.1, -0.05) is 24.6 Å². The Morgan fingerprint density at radius 1 is 1.15 bits per heavy atom. The number of alkyl halides is 3. The van der Waals surface area contributed by atoms with Crippen LogP contribution in [-0.2, 0) is 12.8 Å². The van der Waals surface area contributed by atoms with Crippen molar-refractivity contribution < 1.29 is 13.2 Å². The van der Waals surface area contributed by atoms with Gasteiger partial charge in [-0.3, -0.25) is 9.36 Å². The van der Waals surface area contributed by atoms with E-state index in [0.717, 1.165) is 74.1 Å². The molecular formula is C18H21F3N2OS2. The highest BCUT2D eigenvalue weighted by molar-refractivity contribution is 7.99. The van der Waals surface area contributed by atoms with Crippen LogP contribution in [0.5, 0.6) is 0 Å². The highest BCUT2D eigenvalue weighted by Crippen LogP contribution is 2.37. The third kappa shape index (κ3) is 3.54. The molecule has 2 aliphatic rings. The molecule has 2 heterocycles. The molecule has 2 aromatic heterocycles. The second-order valence-corrected chi connectivity index (χ2v) is 9.26. The van der Waals surface area contributed by atoms with Crippen LogP contribution in [0.25, 0.3) is 10.2 Å². The Morgan fingerprint density at radius 3 is 2.62 bits per heavy atom. The summed E-state index contributed by atoms with van der Waals surface area (Å²) in [5.74, 6) is -0.0980. The number of halogens is 3. The fourth-order valence-corrected chi connectivity index (χ4v) is 6.40. The summed E-state index contributed by atoms with van der Waals surface area (Å²) in [4.78, 5) is 20.0. The van der Waals surface area contributed by atoms with Crippen LogP contribution in [0.2, 0.25) is 0 Å². The first-order valence-electron chi connectivity index (χ1n) is 9.20. The van der Waals surface area contributed by atoms with Gasteiger partial charge >= 0.3 is 6.18 Å². The molecule has 0 spiro atoms. The number of nitrogens with zero attached hydrogens (tertiary/aromatic N) is 2. The summed E-state index contributed by atoms with van der Waals surface area (Å²) >= 11 is 2.63. The minimum absolute atomic E-state index is 0.0317. The molecule has 26 heavy (non-hydrogen) atoms. The number of rotatable bonds is 4. The Bertz CT molecular complexity index is 866. The first kappa shape index (κ1) is 18.3. The van der Waals surface area contributed by atoms with Crippen LogP contribution in [-0.4, -0.2) is 21.5 Å². The monoisotopic (exact) mass is 402 g/mol. The number of thioether (sulfide) groups is 1. The maximum Gasteiger partial charge on any atom is 0.389 e. The van der Waals surface area contributed by atoms with Gasteiger partial charge in [-0.2, -0.15) is 13.2 Å². The van der Waals surface area contributed by atoms with Gasteiger partial charge in [0.15, 0.2) is 5.16 Å². The molecule has 0 atom stereocenters. The molecule has 2 aliphatic carbocycles. The van der Waals surface area contributed by atoms with Gasteiger partial charge in [-0.05, 0) is 44.1 Å². The van der Waals surface area contributed by atoms with Crippen molar-refractivity contribution >= 4 is 33.3 Å². The zero-order valence-corrected chi connectivity index (χ0v) is 16.0. The van der Waals surface area contributed by atoms with Crippen LogP contribution in [0, 0.1) is 0 Å². The lowest BCUT2D eigenvalue weighted by Gasteiger charge is -2.18. The van der Waals surface area contributed by atoms with Gasteiger partial charge in [0.1, 0.15) is 4.83 Å². The predicted octanol–water partition coefficient (Wildman–Crippen LogP) is 5.50. The quantitative estimate of drug-likeness (QED) is 0.501. The van der Waals surface area contributed by atoms with E-state index >= 15 is 0 Å². The lowest BCUT2D eigenvalue weighted by atomic mass is 9.97. The third-order valence-electron chi connectivity index (χ3n) is 5.30. The summed E-state index contributed by atoms with van der Waals surface area (Å²) < 4.78 is 39.4. The van der Waals surface area contributed by atoms with Crippen molar-refractivity contribution in [3.05, 3.63) is 20.8 Å². The first-order valence-corrected chi connectivity index (χ1v) is 11.0. The van der Waals surface area contributed by atoms with Crippen LogP contribution >= 0.6 is 23.1 Å². The van der Waals surface area contributed by atoms with E-state index in [1.165, 1.54) is 4.88 Å². The van der Waals surface area contributed by atoms with Gasteiger partial charge < -0.3 is 0 Å². The second kappa shape index (κ2) is 7.19. The molecular weight excluding hydrogens is 381 g/mol. The molecule has 0 amide bonds. The van der Waals surface area contributed by atoms with Crippen LogP contribution in [0.1, 0.15) is 61.4 Å². The molecule has 0 aromatic carbocycles. The van der Waals surface area contributed by atoms with Gasteiger partial charge in [-0.15, -0.1) is 11.3 Å². The summed E-state index contributed by atoms with van der Waals surface area (Å²) in [6, 6.07) is 0.0759. The molecule has 4 rings (SSSR count). The molecule has 0 aliphatic heterocycles. The largest absolute Gasteiger partial charge is 0.389 e. The Labute approximate surface area is 158 Å². The van der Waals surface area contributed by atoms with Crippen molar-refractivity contribution in [1.82, 2.24) is 9.55 Å². The summed E-state index contributed by atoms with van der Waals surface area (Å²) in [6.07, 6.45) is 3.00. The Kier molecular flexibility index (Phi) is 5.07. The molecule has 8 heteroatoms. The van der Waals surface area contributed by atoms with Crippen LogP contribution < -0.4 is 5.56 Å². The SMILES string of the molecule is O=c1c2c3c(sc2nc(SCCC(F)(F)F)n1C1CCCC1)CCCC3. The van der Waals surface area contributed by atoms with Gasteiger partial charge in [-0.25, -0.2) is 4.98 Å². The van der Waals surface area contributed by atoms with Crippen LogP contribution in [0.4, 0.5) is 13.2 Å². The topological polar surface area (TPSA) is 34.9 Å². The predicted molar refractivity (Wildman–Crippen MR) is 99.4 cm³/mol. The first-order chi connectivity index (χ1) is 12.4. The van der Waals surface area contributed by atoms with Crippen molar-refractivity contribution in [2.24, 2.45) is 0 Å². The van der Waals surface area contributed by atoms with Crippen LogP contribution in [0.3, 0.4) is 0 Å². The van der Waals surface area contributed by atoms with Crippen molar-refractivity contribution in [3.8, 4) is 0 Å². The van der Waals surface area contributed by atoms with E-state index in [1.807, 2.05) is 0 Å². The van der Waals surface area contributed by atoms with Gasteiger partial charge in [0.05, 0.1) is 11.8 Å². The van der Waals surface area contributed by atoms with Crippen LogP contribution in [0.15, 0.2) is 9.95 Å². The molecule has 142 valence electrons. The third-order valence-corrected chi connectivity index (χ3v) is 7.44. The fourth-order valence-electron chi connectivity index (χ4n) is 4.04. The highest BCUT2D eigenvalue weighted by atomic mass is 32.2. The summed E-state index contributed by atoms with van der Waals surface area (Å²) in [7, 11) is 0. The van der Waals surface area contributed by atoms with Gasteiger partial charge in [0.2, 0.25) is 0 Å². The minimum atomic E-state index is -4.18. The minimum Gasteiger partial charge on any atom is -0.284 e. The number of aryl methyl sites for hydroxylation is 2. The van der Waals surface area contributed by atoms with E-state index in [1.54, 1.807) is 15.9 Å². The number of hydrogen-bond donors (Lipinski definition) is 0. The lowest BCUT2D eigenvalue weighted by molar-refractivity contribution is -0.129. The van der Waals surface area contributed by atoms with Gasteiger partial charge in [0.25, 0.3) is 5.56 Å². The van der Waals surface area contributed by atoms with E-state index in [9.17, 15) is 18.0 Å². The summed E-state index contributed by atoms with van der Waals surface area (Å²) in [5, 5.41) is 1.20.